The van der Waals surface area contributed by atoms with Crippen molar-refractivity contribution in [3.05, 3.63) is 58.5 Å². The van der Waals surface area contributed by atoms with E-state index in [-0.39, 0.29) is 23.3 Å². The Bertz CT molecular complexity index is 1400. The van der Waals surface area contributed by atoms with E-state index in [1.807, 2.05) is 41.3 Å². The van der Waals surface area contributed by atoms with Crippen molar-refractivity contribution in [3.8, 4) is 5.75 Å². The Morgan fingerprint density at radius 2 is 2.06 bits per heavy atom. The van der Waals surface area contributed by atoms with Crippen LogP contribution in [0.4, 0.5) is 0 Å². The van der Waals surface area contributed by atoms with Crippen molar-refractivity contribution >= 4 is 49.4 Å². The Kier molecular flexibility index (Phi) is 6.56. The van der Waals surface area contributed by atoms with Gasteiger partial charge in [-0.15, -0.1) is 11.3 Å². The number of carbonyl (C=O) groups is 1. The van der Waals surface area contributed by atoms with E-state index in [9.17, 15) is 9.59 Å². The quantitative estimate of drug-likeness (QED) is 0.289. The van der Waals surface area contributed by atoms with Crippen molar-refractivity contribution < 1.29 is 9.53 Å². The van der Waals surface area contributed by atoms with Crippen LogP contribution >= 0.6 is 23.1 Å². The maximum absolute atomic E-state index is 13.6. The summed E-state index contributed by atoms with van der Waals surface area (Å²) in [5, 5.41) is 1.42. The molecule has 7 nitrogen and oxygen atoms in total. The number of thiophene rings is 1. The lowest BCUT2D eigenvalue weighted by Gasteiger charge is -2.33. The maximum atomic E-state index is 13.6. The van der Waals surface area contributed by atoms with Crippen molar-refractivity contribution in [2.45, 2.75) is 43.9 Å². The highest BCUT2D eigenvalue weighted by Crippen LogP contribution is 2.31. The zero-order chi connectivity index (χ0) is 23.7. The number of hydrogen-bond acceptors (Lipinski definition) is 7. The molecule has 0 bridgehead atoms. The van der Waals surface area contributed by atoms with Crippen molar-refractivity contribution in [2.24, 2.45) is 0 Å². The second-order valence-corrected chi connectivity index (χ2v) is 10.4. The Balaban J connectivity index is 1.53. The summed E-state index contributed by atoms with van der Waals surface area (Å²) in [5.41, 5.74) is 1.51. The molecule has 4 aromatic rings. The molecule has 0 saturated carbocycles. The lowest BCUT2D eigenvalue weighted by atomic mass is 10.0. The largest absolute Gasteiger partial charge is 0.497 e. The van der Waals surface area contributed by atoms with E-state index in [0.717, 1.165) is 47.3 Å². The van der Waals surface area contributed by atoms with Gasteiger partial charge in [0.25, 0.3) is 5.56 Å². The summed E-state index contributed by atoms with van der Waals surface area (Å²) in [7, 11) is 1.63. The number of aromatic nitrogens is 3. The van der Waals surface area contributed by atoms with Gasteiger partial charge in [-0.25, -0.2) is 9.97 Å². The van der Waals surface area contributed by atoms with Crippen LogP contribution in [-0.2, 0) is 11.3 Å². The van der Waals surface area contributed by atoms with Crippen LogP contribution in [0.5, 0.6) is 5.75 Å². The van der Waals surface area contributed by atoms with Crippen LogP contribution in [0.1, 0.15) is 31.7 Å². The molecule has 1 aromatic carbocycles. The molecule has 3 aromatic heterocycles. The molecule has 0 spiro atoms. The predicted molar refractivity (Wildman–Crippen MR) is 137 cm³/mol. The molecule has 1 saturated heterocycles. The fourth-order valence-corrected chi connectivity index (χ4v) is 6.29. The van der Waals surface area contributed by atoms with Crippen LogP contribution < -0.4 is 10.3 Å². The summed E-state index contributed by atoms with van der Waals surface area (Å²) < 4.78 is 7.52. The van der Waals surface area contributed by atoms with Gasteiger partial charge in [0.1, 0.15) is 15.3 Å². The minimum atomic E-state index is -0.106. The number of amides is 1. The van der Waals surface area contributed by atoms with Gasteiger partial charge in [-0.3, -0.25) is 14.2 Å². The number of fused-ring (bicyclic) bond motifs is 3. The third-order valence-electron chi connectivity index (χ3n) is 6.27. The van der Waals surface area contributed by atoms with E-state index in [2.05, 4.69) is 11.9 Å². The first-order chi connectivity index (χ1) is 16.5. The number of nitrogens with zero attached hydrogens (tertiary/aromatic N) is 4. The third-order valence-corrected chi connectivity index (χ3v) is 8.32. The molecule has 4 heterocycles. The van der Waals surface area contributed by atoms with E-state index in [0.29, 0.717) is 21.9 Å². The molecule has 5 rings (SSSR count). The number of rotatable bonds is 6. The first-order valence-electron chi connectivity index (χ1n) is 11.4. The number of ether oxygens (including phenoxy) is 1. The SMILES string of the molecule is COc1ccc(Cn2c(SCC(=O)N3CCCCC3C)nc3c(sc4ncccc43)c2=O)cc1. The summed E-state index contributed by atoms with van der Waals surface area (Å²) in [6, 6.07) is 11.7. The van der Waals surface area contributed by atoms with E-state index < -0.39 is 0 Å². The standard InChI is InChI=1S/C25H26N4O3S2/c1-16-6-3-4-13-28(16)20(30)15-33-25-27-21-19-7-5-12-26-23(19)34-22(21)24(31)29(25)14-17-8-10-18(32-2)11-9-17/h5,7-12,16H,3-4,6,13-15H2,1-2H3. The third kappa shape index (κ3) is 4.42. The average Bonchev–Trinajstić information content (AvgIpc) is 3.24. The van der Waals surface area contributed by atoms with Crippen molar-refractivity contribution in [2.75, 3.05) is 19.4 Å². The van der Waals surface area contributed by atoms with Crippen LogP contribution in [0.2, 0.25) is 0 Å². The fraction of sp³-hybridized carbons (Fsp3) is 0.360. The molecule has 1 aliphatic rings. The molecule has 1 aliphatic heterocycles. The number of piperidine rings is 1. The van der Waals surface area contributed by atoms with Gasteiger partial charge in [0.15, 0.2) is 5.16 Å². The van der Waals surface area contributed by atoms with Crippen molar-refractivity contribution in [1.82, 2.24) is 19.4 Å². The van der Waals surface area contributed by atoms with Crippen LogP contribution in [0.15, 0.2) is 52.5 Å². The van der Waals surface area contributed by atoms with Gasteiger partial charge in [-0.1, -0.05) is 23.9 Å². The van der Waals surface area contributed by atoms with Gasteiger partial charge in [0.05, 0.1) is 24.9 Å². The molecule has 0 N–H and O–H groups in total. The molecule has 1 fully saturated rings. The zero-order valence-electron chi connectivity index (χ0n) is 19.2. The number of hydrogen-bond donors (Lipinski definition) is 0. The number of methoxy groups -OCH3 is 1. The van der Waals surface area contributed by atoms with E-state index in [1.54, 1.807) is 17.9 Å². The second kappa shape index (κ2) is 9.76. The number of likely N-dealkylation sites (tertiary alicyclic amines) is 1. The normalized spacial score (nSPS) is 16.3. The lowest BCUT2D eigenvalue weighted by Crippen LogP contribution is -2.43. The Morgan fingerprint density at radius 3 is 2.82 bits per heavy atom. The van der Waals surface area contributed by atoms with E-state index in [1.165, 1.54) is 23.1 Å². The van der Waals surface area contributed by atoms with E-state index >= 15 is 0 Å². The van der Waals surface area contributed by atoms with Crippen LogP contribution in [-0.4, -0.2) is 50.8 Å². The van der Waals surface area contributed by atoms with Crippen LogP contribution in [0.25, 0.3) is 20.4 Å². The van der Waals surface area contributed by atoms with Crippen LogP contribution in [0.3, 0.4) is 0 Å². The van der Waals surface area contributed by atoms with Gasteiger partial charge in [-0.2, -0.15) is 0 Å². The predicted octanol–water partition coefficient (Wildman–Crippen LogP) is 4.56. The highest BCUT2D eigenvalue weighted by Gasteiger charge is 2.24. The monoisotopic (exact) mass is 494 g/mol. The highest BCUT2D eigenvalue weighted by atomic mass is 32.2. The summed E-state index contributed by atoms with van der Waals surface area (Å²) in [4.78, 5) is 38.7. The number of benzene rings is 1. The van der Waals surface area contributed by atoms with Gasteiger partial charge in [-0.05, 0) is 56.0 Å². The summed E-state index contributed by atoms with van der Waals surface area (Å²) >= 11 is 2.70. The molecule has 0 radical (unpaired) electrons. The number of pyridine rings is 1. The number of carbonyl (C=O) groups excluding carboxylic acids is 1. The van der Waals surface area contributed by atoms with Gasteiger partial charge in [0, 0.05) is 24.2 Å². The fourth-order valence-electron chi connectivity index (χ4n) is 4.38. The first kappa shape index (κ1) is 22.9. The Hall–Kier alpha value is -2.91. The molecular formula is C25H26N4O3S2. The number of thioether (sulfide) groups is 1. The molecule has 1 atom stereocenters. The maximum Gasteiger partial charge on any atom is 0.272 e. The highest BCUT2D eigenvalue weighted by molar-refractivity contribution is 7.99. The minimum Gasteiger partial charge on any atom is -0.497 e. The second-order valence-electron chi connectivity index (χ2n) is 8.49. The zero-order valence-corrected chi connectivity index (χ0v) is 20.8. The molecule has 0 aliphatic carbocycles. The summed E-state index contributed by atoms with van der Waals surface area (Å²) in [5.74, 6) is 1.11. The molecule has 9 heteroatoms. The molecule has 1 unspecified atom stereocenters. The molecular weight excluding hydrogens is 468 g/mol. The van der Waals surface area contributed by atoms with Crippen LogP contribution in [0, 0.1) is 0 Å². The van der Waals surface area contributed by atoms with Crippen molar-refractivity contribution in [3.63, 3.8) is 0 Å². The molecule has 1 amide bonds. The van der Waals surface area contributed by atoms with Crippen molar-refractivity contribution in [1.29, 1.82) is 0 Å². The molecule has 34 heavy (non-hydrogen) atoms. The molecule has 176 valence electrons. The summed E-state index contributed by atoms with van der Waals surface area (Å²) in [6.07, 6.45) is 4.97. The minimum absolute atomic E-state index is 0.0967. The smallest absolute Gasteiger partial charge is 0.272 e. The Morgan fingerprint density at radius 1 is 1.24 bits per heavy atom. The van der Waals surface area contributed by atoms with Gasteiger partial charge >= 0.3 is 0 Å². The Labute approximate surface area is 205 Å². The van der Waals surface area contributed by atoms with Gasteiger partial charge in [0.2, 0.25) is 5.91 Å². The van der Waals surface area contributed by atoms with E-state index in [4.69, 9.17) is 9.72 Å². The lowest BCUT2D eigenvalue weighted by molar-refractivity contribution is -0.131. The average molecular weight is 495 g/mol. The summed E-state index contributed by atoms with van der Waals surface area (Å²) in [6.45, 7) is 3.27. The van der Waals surface area contributed by atoms with Gasteiger partial charge < -0.3 is 9.64 Å². The topological polar surface area (TPSA) is 77.3 Å². The first-order valence-corrected chi connectivity index (χ1v) is 13.2.